The van der Waals surface area contributed by atoms with Crippen LogP contribution in [0.3, 0.4) is 0 Å². The first-order valence-corrected chi connectivity index (χ1v) is 9.73. The van der Waals surface area contributed by atoms with Crippen molar-refractivity contribution in [3.05, 3.63) is 34.4 Å². The van der Waals surface area contributed by atoms with E-state index in [1.54, 1.807) is 0 Å². The molecule has 1 aliphatic carbocycles. The van der Waals surface area contributed by atoms with Gasteiger partial charge in [-0.15, -0.1) is 0 Å². The number of fused-ring (bicyclic) bond motifs is 1. The van der Waals surface area contributed by atoms with Crippen LogP contribution in [0.4, 0.5) is 0 Å². The van der Waals surface area contributed by atoms with Gasteiger partial charge in [-0.3, -0.25) is 0 Å². The molecule has 1 aliphatic heterocycles. The Morgan fingerprint density at radius 3 is 1.96 bits per heavy atom. The van der Waals surface area contributed by atoms with Gasteiger partial charge in [0.05, 0.1) is 13.2 Å². The second-order valence-electron chi connectivity index (χ2n) is 10.6. The Morgan fingerprint density at radius 1 is 0.840 bits per heavy atom. The fourth-order valence-corrected chi connectivity index (χ4v) is 4.59. The zero-order valence-corrected chi connectivity index (χ0v) is 17.7. The van der Waals surface area contributed by atoms with Crippen LogP contribution in [-0.2, 0) is 26.1 Å². The SMILES string of the molecule is Cc1cc2c(cc1C1(C)OCC(C)(C)CO1)C(C)(C)C[C@@H](C)C2(C)C. The molecule has 2 aliphatic rings. The summed E-state index contributed by atoms with van der Waals surface area (Å²) in [7, 11) is 0. The molecule has 0 saturated carbocycles. The van der Waals surface area contributed by atoms with E-state index in [4.69, 9.17) is 9.47 Å². The van der Waals surface area contributed by atoms with Gasteiger partial charge in [-0.2, -0.15) is 0 Å². The fraction of sp³-hybridized carbons (Fsp3) is 0.739. The summed E-state index contributed by atoms with van der Waals surface area (Å²) in [6.45, 7) is 22.1. The van der Waals surface area contributed by atoms with Crippen molar-refractivity contribution in [3.63, 3.8) is 0 Å². The maximum Gasteiger partial charge on any atom is 0.192 e. The third-order valence-electron chi connectivity index (χ3n) is 6.80. The van der Waals surface area contributed by atoms with Crippen molar-refractivity contribution < 1.29 is 9.47 Å². The number of ether oxygens (including phenoxy) is 2. The van der Waals surface area contributed by atoms with Gasteiger partial charge in [-0.05, 0) is 59.8 Å². The normalized spacial score (nSPS) is 29.1. The predicted octanol–water partition coefficient (Wildman–Crippen LogP) is 5.84. The van der Waals surface area contributed by atoms with Crippen molar-refractivity contribution in [2.75, 3.05) is 13.2 Å². The van der Waals surface area contributed by atoms with Crippen molar-refractivity contribution >= 4 is 0 Å². The van der Waals surface area contributed by atoms with Crippen LogP contribution < -0.4 is 0 Å². The average molecular weight is 345 g/mol. The van der Waals surface area contributed by atoms with E-state index in [1.807, 2.05) is 0 Å². The molecule has 2 nitrogen and oxygen atoms in total. The minimum Gasteiger partial charge on any atom is -0.345 e. The lowest BCUT2D eigenvalue weighted by Gasteiger charge is -2.48. The van der Waals surface area contributed by atoms with Crippen LogP contribution >= 0.6 is 0 Å². The Kier molecular flexibility index (Phi) is 4.21. The van der Waals surface area contributed by atoms with E-state index in [0.717, 1.165) is 13.2 Å². The molecule has 0 aromatic heterocycles. The van der Waals surface area contributed by atoms with Crippen molar-refractivity contribution in [1.29, 1.82) is 0 Å². The topological polar surface area (TPSA) is 18.5 Å². The molecule has 0 N–H and O–H groups in total. The third kappa shape index (κ3) is 3.06. The van der Waals surface area contributed by atoms with Crippen LogP contribution in [0.2, 0.25) is 0 Å². The maximum absolute atomic E-state index is 6.26. The highest BCUT2D eigenvalue weighted by atomic mass is 16.7. The molecule has 1 atom stereocenters. The number of benzene rings is 1. The molecule has 140 valence electrons. The molecule has 2 heteroatoms. The Labute approximate surface area is 154 Å². The van der Waals surface area contributed by atoms with Gasteiger partial charge >= 0.3 is 0 Å². The van der Waals surface area contributed by atoms with Crippen molar-refractivity contribution in [2.24, 2.45) is 11.3 Å². The van der Waals surface area contributed by atoms with E-state index in [-0.39, 0.29) is 16.2 Å². The predicted molar refractivity (Wildman–Crippen MR) is 104 cm³/mol. The molecule has 1 fully saturated rings. The van der Waals surface area contributed by atoms with Crippen molar-refractivity contribution in [2.45, 2.75) is 85.4 Å². The smallest absolute Gasteiger partial charge is 0.192 e. The average Bonchev–Trinajstić information content (AvgIpc) is 2.48. The Balaban J connectivity index is 2.11. The summed E-state index contributed by atoms with van der Waals surface area (Å²) in [5.74, 6) is 0.0246. The molecule has 0 radical (unpaired) electrons. The standard InChI is InChI=1S/C23H36O2/c1-15-10-19-18(21(5,6)12-16(2)22(19,7)8)11-17(15)23(9)24-13-20(3,4)14-25-23/h10-11,16H,12-14H2,1-9H3/t16-/m1/s1. The van der Waals surface area contributed by atoms with Crippen molar-refractivity contribution in [1.82, 2.24) is 0 Å². The van der Waals surface area contributed by atoms with E-state index in [1.165, 1.54) is 28.7 Å². The summed E-state index contributed by atoms with van der Waals surface area (Å²) < 4.78 is 12.5. The molecule has 25 heavy (non-hydrogen) atoms. The van der Waals surface area contributed by atoms with Gasteiger partial charge < -0.3 is 9.47 Å². The Morgan fingerprint density at radius 2 is 1.40 bits per heavy atom. The second kappa shape index (κ2) is 5.57. The molecule has 1 saturated heterocycles. The first-order valence-electron chi connectivity index (χ1n) is 9.73. The highest BCUT2D eigenvalue weighted by Gasteiger charge is 2.45. The largest absolute Gasteiger partial charge is 0.345 e. The minimum atomic E-state index is -0.641. The third-order valence-corrected chi connectivity index (χ3v) is 6.80. The Bertz CT molecular complexity index is 672. The Hall–Kier alpha value is -0.860. The van der Waals surface area contributed by atoms with Crippen LogP contribution in [0.25, 0.3) is 0 Å². The van der Waals surface area contributed by atoms with Gasteiger partial charge in [0.15, 0.2) is 5.79 Å². The van der Waals surface area contributed by atoms with Crippen LogP contribution in [0, 0.1) is 18.3 Å². The number of hydrogen-bond donors (Lipinski definition) is 0. The van der Waals surface area contributed by atoms with Crippen LogP contribution in [0.15, 0.2) is 12.1 Å². The van der Waals surface area contributed by atoms with Crippen molar-refractivity contribution in [3.8, 4) is 0 Å². The van der Waals surface area contributed by atoms with E-state index >= 15 is 0 Å². The molecule has 0 unspecified atom stereocenters. The van der Waals surface area contributed by atoms with E-state index in [0.29, 0.717) is 5.92 Å². The first-order chi connectivity index (χ1) is 11.3. The summed E-state index contributed by atoms with van der Waals surface area (Å²) in [5.41, 5.74) is 5.89. The number of aryl methyl sites for hydroxylation is 1. The highest BCUT2D eigenvalue weighted by molar-refractivity contribution is 5.48. The van der Waals surface area contributed by atoms with Gasteiger partial charge in [-0.1, -0.05) is 54.5 Å². The van der Waals surface area contributed by atoms with Crippen LogP contribution in [0.5, 0.6) is 0 Å². The van der Waals surface area contributed by atoms with Crippen LogP contribution in [0.1, 0.15) is 84.1 Å². The fourth-order valence-electron chi connectivity index (χ4n) is 4.59. The highest BCUT2D eigenvalue weighted by Crippen LogP contribution is 2.51. The molecule has 0 amide bonds. The summed E-state index contributed by atoms with van der Waals surface area (Å²) in [5, 5.41) is 0. The molecule has 0 bridgehead atoms. The van der Waals surface area contributed by atoms with E-state index in [9.17, 15) is 0 Å². The maximum atomic E-state index is 6.26. The molecule has 1 aromatic rings. The molecule has 3 rings (SSSR count). The monoisotopic (exact) mass is 344 g/mol. The molecule has 1 aromatic carbocycles. The number of hydrogen-bond acceptors (Lipinski definition) is 2. The lowest BCUT2D eigenvalue weighted by molar-refractivity contribution is -0.298. The van der Waals surface area contributed by atoms with Gasteiger partial charge in [0.25, 0.3) is 0 Å². The summed E-state index contributed by atoms with van der Waals surface area (Å²) in [6, 6.07) is 4.79. The summed E-state index contributed by atoms with van der Waals surface area (Å²) in [6.07, 6.45) is 1.21. The second-order valence-corrected chi connectivity index (χ2v) is 10.6. The molecule has 0 spiro atoms. The minimum absolute atomic E-state index is 0.0817. The van der Waals surface area contributed by atoms with Gasteiger partial charge in [0, 0.05) is 11.0 Å². The quantitative estimate of drug-likeness (QED) is 0.637. The van der Waals surface area contributed by atoms with Gasteiger partial charge in [-0.25, -0.2) is 0 Å². The molecular formula is C23H36O2. The van der Waals surface area contributed by atoms with Gasteiger partial charge in [0.2, 0.25) is 0 Å². The molecule has 1 heterocycles. The van der Waals surface area contributed by atoms with E-state index in [2.05, 4.69) is 74.4 Å². The van der Waals surface area contributed by atoms with Crippen LogP contribution in [-0.4, -0.2) is 13.2 Å². The van der Waals surface area contributed by atoms with Gasteiger partial charge in [0.1, 0.15) is 0 Å². The van der Waals surface area contributed by atoms with E-state index < -0.39 is 5.79 Å². The zero-order chi connectivity index (χ0) is 18.8. The lowest BCUT2D eigenvalue weighted by Crippen LogP contribution is -2.45. The lowest BCUT2D eigenvalue weighted by atomic mass is 9.57. The number of rotatable bonds is 1. The summed E-state index contributed by atoms with van der Waals surface area (Å²) >= 11 is 0. The zero-order valence-electron chi connectivity index (χ0n) is 17.7. The summed E-state index contributed by atoms with van der Waals surface area (Å²) in [4.78, 5) is 0. The first kappa shape index (κ1) is 18.9. The molecular weight excluding hydrogens is 308 g/mol.